The number of benzene rings is 1. The van der Waals surface area contributed by atoms with Gasteiger partial charge < -0.3 is 5.11 Å². The van der Waals surface area contributed by atoms with Crippen molar-refractivity contribution in [2.75, 3.05) is 0 Å². The molecule has 1 N–H and O–H groups in total. The van der Waals surface area contributed by atoms with E-state index in [1.807, 2.05) is 0 Å². The normalized spacial score (nSPS) is 14.2. The van der Waals surface area contributed by atoms with Gasteiger partial charge in [-0.3, -0.25) is 4.98 Å². The van der Waals surface area contributed by atoms with Crippen molar-refractivity contribution < 1.29 is 13.9 Å². The second kappa shape index (κ2) is 5.23. The first-order valence-electron chi connectivity index (χ1n) is 5.63. The van der Waals surface area contributed by atoms with Crippen LogP contribution in [0.15, 0.2) is 42.6 Å². The van der Waals surface area contributed by atoms with Crippen LogP contribution in [-0.2, 0) is 0 Å². The van der Waals surface area contributed by atoms with Crippen LogP contribution in [0, 0.1) is 11.6 Å². The van der Waals surface area contributed by atoms with E-state index in [4.69, 9.17) is 0 Å². The van der Waals surface area contributed by atoms with Crippen molar-refractivity contribution in [2.24, 2.45) is 0 Å². The van der Waals surface area contributed by atoms with Crippen LogP contribution in [0.2, 0.25) is 0 Å². The summed E-state index contributed by atoms with van der Waals surface area (Å²) in [6.45, 7) is 1.76. The molecule has 0 bridgehead atoms. The molecule has 0 saturated heterocycles. The van der Waals surface area contributed by atoms with Crippen molar-refractivity contribution in [1.29, 1.82) is 0 Å². The van der Waals surface area contributed by atoms with Gasteiger partial charge in [-0.25, -0.2) is 8.78 Å². The second-order valence-corrected chi connectivity index (χ2v) is 4.19. The molecule has 2 atom stereocenters. The largest absolute Gasteiger partial charge is 0.388 e. The van der Waals surface area contributed by atoms with E-state index >= 15 is 0 Å². The molecular formula is C14H13F2NO. The van der Waals surface area contributed by atoms with E-state index in [0.29, 0.717) is 5.69 Å². The van der Waals surface area contributed by atoms with Crippen molar-refractivity contribution in [3.05, 3.63) is 65.5 Å². The first-order valence-corrected chi connectivity index (χ1v) is 5.63. The fraction of sp³-hybridized carbons (Fsp3) is 0.214. The van der Waals surface area contributed by atoms with Gasteiger partial charge >= 0.3 is 0 Å². The minimum atomic E-state index is -0.995. The topological polar surface area (TPSA) is 33.1 Å². The van der Waals surface area contributed by atoms with Crippen LogP contribution >= 0.6 is 0 Å². The Morgan fingerprint density at radius 2 is 1.78 bits per heavy atom. The summed E-state index contributed by atoms with van der Waals surface area (Å²) in [6, 6.07) is 8.38. The van der Waals surface area contributed by atoms with Gasteiger partial charge in [0, 0.05) is 23.9 Å². The summed E-state index contributed by atoms with van der Waals surface area (Å²) in [4.78, 5) is 4.12. The molecule has 2 nitrogen and oxygen atoms in total. The first kappa shape index (κ1) is 12.6. The van der Waals surface area contributed by atoms with Gasteiger partial charge in [0.05, 0.1) is 6.10 Å². The number of aromatic nitrogens is 1. The summed E-state index contributed by atoms with van der Waals surface area (Å²) in [5.74, 6) is -1.73. The summed E-state index contributed by atoms with van der Waals surface area (Å²) < 4.78 is 26.2. The Labute approximate surface area is 104 Å². The maximum absolute atomic E-state index is 13.1. The lowest BCUT2D eigenvalue weighted by Gasteiger charge is -2.18. The molecule has 0 spiro atoms. The van der Waals surface area contributed by atoms with Crippen LogP contribution in [0.1, 0.15) is 30.2 Å². The molecule has 1 heterocycles. The number of aliphatic hydroxyl groups is 1. The Morgan fingerprint density at radius 1 is 1.11 bits per heavy atom. The molecular weight excluding hydrogens is 236 g/mol. The summed E-state index contributed by atoms with van der Waals surface area (Å²) in [7, 11) is 0. The van der Waals surface area contributed by atoms with Crippen LogP contribution in [0.5, 0.6) is 0 Å². The zero-order valence-corrected chi connectivity index (χ0v) is 9.85. The molecule has 1 aromatic heterocycles. The number of pyridine rings is 1. The fourth-order valence-corrected chi connectivity index (χ4v) is 1.84. The number of hydrogen-bond donors (Lipinski definition) is 1. The molecule has 0 radical (unpaired) electrons. The molecule has 2 aromatic rings. The highest BCUT2D eigenvalue weighted by Crippen LogP contribution is 2.29. The number of halogens is 2. The van der Waals surface area contributed by atoms with E-state index in [2.05, 4.69) is 4.98 Å². The maximum atomic E-state index is 13.1. The predicted molar refractivity (Wildman–Crippen MR) is 64.0 cm³/mol. The molecule has 2 unspecified atom stereocenters. The molecule has 4 heteroatoms. The van der Waals surface area contributed by atoms with Crippen LogP contribution in [0.4, 0.5) is 8.78 Å². The van der Waals surface area contributed by atoms with E-state index in [1.165, 1.54) is 0 Å². The van der Waals surface area contributed by atoms with Gasteiger partial charge in [0.2, 0.25) is 0 Å². The number of nitrogens with zero attached hydrogens (tertiary/aromatic N) is 1. The molecule has 2 rings (SSSR count). The maximum Gasteiger partial charge on any atom is 0.126 e. The Hall–Kier alpha value is -1.81. The Bertz CT molecular complexity index is 510. The summed E-state index contributed by atoms with van der Waals surface area (Å²) >= 11 is 0. The second-order valence-electron chi connectivity index (χ2n) is 4.19. The van der Waals surface area contributed by atoms with Crippen molar-refractivity contribution in [1.82, 2.24) is 4.98 Å². The van der Waals surface area contributed by atoms with Gasteiger partial charge in [0.15, 0.2) is 0 Å². The summed E-state index contributed by atoms with van der Waals surface area (Å²) in [5.41, 5.74) is 0.889. The minimum Gasteiger partial charge on any atom is -0.388 e. The number of rotatable bonds is 3. The van der Waals surface area contributed by atoms with Crippen molar-refractivity contribution >= 4 is 0 Å². The van der Waals surface area contributed by atoms with Gasteiger partial charge in [-0.15, -0.1) is 0 Å². The van der Waals surface area contributed by atoms with Crippen molar-refractivity contribution in [2.45, 2.75) is 18.9 Å². The summed E-state index contributed by atoms with van der Waals surface area (Å²) in [6.07, 6.45) is 0.621. The van der Waals surface area contributed by atoms with E-state index in [-0.39, 0.29) is 11.5 Å². The fourth-order valence-electron chi connectivity index (χ4n) is 1.84. The van der Waals surface area contributed by atoms with Gasteiger partial charge in [0.1, 0.15) is 11.6 Å². The van der Waals surface area contributed by atoms with Crippen molar-refractivity contribution in [3.63, 3.8) is 0 Å². The lowest BCUT2D eigenvalue weighted by atomic mass is 9.94. The molecule has 0 fully saturated rings. The van der Waals surface area contributed by atoms with Crippen LogP contribution in [-0.4, -0.2) is 10.1 Å². The highest BCUT2D eigenvalue weighted by molar-refractivity contribution is 5.24. The zero-order chi connectivity index (χ0) is 13.1. The highest BCUT2D eigenvalue weighted by Gasteiger charge is 2.20. The minimum absolute atomic E-state index is 0.214. The third kappa shape index (κ3) is 2.71. The monoisotopic (exact) mass is 249 g/mol. The SMILES string of the molecule is CC(c1ccccn1)C(O)c1cc(F)cc(F)c1. The predicted octanol–water partition coefficient (Wildman–Crippen LogP) is 3.20. The first-order chi connectivity index (χ1) is 8.58. The number of aliphatic hydroxyl groups excluding tert-OH is 1. The lowest BCUT2D eigenvalue weighted by Crippen LogP contribution is -2.09. The van der Waals surface area contributed by atoms with Crippen LogP contribution < -0.4 is 0 Å². The number of hydrogen-bond acceptors (Lipinski definition) is 2. The smallest absolute Gasteiger partial charge is 0.126 e. The molecule has 0 aliphatic rings. The van der Waals surface area contributed by atoms with Crippen LogP contribution in [0.3, 0.4) is 0 Å². The average molecular weight is 249 g/mol. The Balaban J connectivity index is 2.28. The highest BCUT2D eigenvalue weighted by atomic mass is 19.1. The quantitative estimate of drug-likeness (QED) is 0.906. The van der Waals surface area contributed by atoms with Crippen LogP contribution in [0.25, 0.3) is 0 Å². The average Bonchev–Trinajstić information content (AvgIpc) is 2.37. The van der Waals surface area contributed by atoms with Gasteiger partial charge in [0.25, 0.3) is 0 Å². The Morgan fingerprint density at radius 3 is 2.33 bits per heavy atom. The van der Waals surface area contributed by atoms with E-state index < -0.39 is 17.7 Å². The third-order valence-corrected chi connectivity index (χ3v) is 2.85. The molecule has 0 amide bonds. The van der Waals surface area contributed by atoms with Gasteiger partial charge in [-0.1, -0.05) is 13.0 Å². The van der Waals surface area contributed by atoms with Gasteiger partial charge in [-0.05, 0) is 29.8 Å². The standard InChI is InChI=1S/C14H13F2NO/c1-9(13-4-2-3-5-17-13)14(18)10-6-11(15)8-12(16)7-10/h2-9,14,18H,1H3. The van der Waals surface area contributed by atoms with E-state index in [0.717, 1.165) is 18.2 Å². The zero-order valence-electron chi connectivity index (χ0n) is 9.85. The molecule has 94 valence electrons. The van der Waals surface area contributed by atoms with E-state index in [1.54, 1.807) is 31.3 Å². The third-order valence-electron chi connectivity index (χ3n) is 2.85. The molecule has 0 aliphatic heterocycles. The molecule has 0 saturated carbocycles. The summed E-state index contributed by atoms with van der Waals surface area (Å²) in [5, 5.41) is 10.1. The Kier molecular flexibility index (Phi) is 3.67. The molecule has 0 aliphatic carbocycles. The van der Waals surface area contributed by atoms with Crippen molar-refractivity contribution in [3.8, 4) is 0 Å². The molecule has 18 heavy (non-hydrogen) atoms. The van der Waals surface area contributed by atoms with E-state index in [9.17, 15) is 13.9 Å². The van der Waals surface area contributed by atoms with Gasteiger partial charge in [-0.2, -0.15) is 0 Å². The molecule has 1 aromatic carbocycles. The lowest BCUT2D eigenvalue weighted by molar-refractivity contribution is 0.149.